The third kappa shape index (κ3) is 6.89. The van der Waals surface area contributed by atoms with Crippen molar-refractivity contribution in [3.8, 4) is 0 Å². The SMILES string of the molecule is CC1CC(NCCOC2CCN(C(=O)OC(C)(C)C)CC2)CS1. The topological polar surface area (TPSA) is 50.8 Å². The molecule has 0 aromatic carbocycles. The molecule has 2 aliphatic heterocycles. The van der Waals surface area contributed by atoms with Crippen LogP contribution in [0.3, 0.4) is 0 Å². The Bertz CT molecular complexity index is 379. The normalized spacial score (nSPS) is 26.5. The minimum Gasteiger partial charge on any atom is -0.444 e. The molecular formula is C17H32N2O3S. The van der Waals surface area contributed by atoms with Crippen LogP contribution in [0.25, 0.3) is 0 Å². The summed E-state index contributed by atoms with van der Waals surface area (Å²) in [5.41, 5.74) is -0.424. The van der Waals surface area contributed by atoms with Crippen molar-refractivity contribution < 1.29 is 14.3 Å². The van der Waals surface area contributed by atoms with E-state index in [1.165, 1.54) is 12.2 Å². The summed E-state index contributed by atoms with van der Waals surface area (Å²) < 4.78 is 11.4. The van der Waals surface area contributed by atoms with Crippen LogP contribution in [0.15, 0.2) is 0 Å². The fraction of sp³-hybridized carbons (Fsp3) is 0.941. The van der Waals surface area contributed by atoms with Crippen LogP contribution in [0.2, 0.25) is 0 Å². The molecule has 0 radical (unpaired) electrons. The van der Waals surface area contributed by atoms with E-state index in [4.69, 9.17) is 9.47 Å². The van der Waals surface area contributed by atoms with Gasteiger partial charge in [0.2, 0.25) is 0 Å². The van der Waals surface area contributed by atoms with Crippen molar-refractivity contribution in [3.63, 3.8) is 0 Å². The van der Waals surface area contributed by atoms with Gasteiger partial charge in [-0.25, -0.2) is 4.79 Å². The Labute approximate surface area is 144 Å². The van der Waals surface area contributed by atoms with Crippen molar-refractivity contribution in [2.45, 2.75) is 70.0 Å². The molecule has 2 fully saturated rings. The second-order valence-corrected chi connectivity index (χ2v) is 9.04. The molecule has 6 heteroatoms. The fourth-order valence-electron chi connectivity index (χ4n) is 2.98. The number of rotatable bonds is 5. The van der Waals surface area contributed by atoms with Crippen LogP contribution in [0.4, 0.5) is 4.79 Å². The quantitative estimate of drug-likeness (QED) is 0.777. The average molecular weight is 345 g/mol. The van der Waals surface area contributed by atoms with Crippen molar-refractivity contribution in [2.24, 2.45) is 0 Å². The standard InChI is InChI=1S/C17H32N2O3S/c1-13-11-14(12-23-13)18-7-10-21-15-5-8-19(9-6-15)16(20)22-17(2,3)4/h13-15,18H,5-12H2,1-4H3. The molecule has 0 aromatic rings. The van der Waals surface area contributed by atoms with Crippen LogP contribution >= 0.6 is 11.8 Å². The maximum absolute atomic E-state index is 12.0. The predicted octanol–water partition coefficient (Wildman–Crippen LogP) is 2.89. The number of piperidine rings is 1. The summed E-state index contributed by atoms with van der Waals surface area (Å²) in [6.07, 6.45) is 3.13. The average Bonchev–Trinajstić information content (AvgIpc) is 2.88. The molecule has 2 heterocycles. The maximum atomic E-state index is 12.0. The molecule has 0 aromatic heterocycles. The van der Waals surface area contributed by atoms with E-state index in [2.05, 4.69) is 12.2 Å². The lowest BCUT2D eigenvalue weighted by atomic mass is 10.1. The number of thioether (sulfide) groups is 1. The van der Waals surface area contributed by atoms with E-state index in [-0.39, 0.29) is 12.2 Å². The molecule has 134 valence electrons. The van der Waals surface area contributed by atoms with Crippen LogP contribution in [0, 0.1) is 0 Å². The van der Waals surface area contributed by atoms with E-state index in [0.29, 0.717) is 6.04 Å². The maximum Gasteiger partial charge on any atom is 0.410 e. The second-order valence-electron chi connectivity index (χ2n) is 7.57. The molecule has 23 heavy (non-hydrogen) atoms. The number of carbonyl (C=O) groups excluding carboxylic acids is 1. The van der Waals surface area contributed by atoms with Crippen LogP contribution in [-0.2, 0) is 9.47 Å². The zero-order valence-corrected chi connectivity index (χ0v) is 15.8. The molecule has 0 saturated carbocycles. The monoisotopic (exact) mass is 344 g/mol. The fourth-order valence-corrected chi connectivity index (χ4v) is 4.16. The summed E-state index contributed by atoms with van der Waals surface area (Å²) in [6.45, 7) is 11.1. The van der Waals surface area contributed by atoms with Gasteiger partial charge in [-0.15, -0.1) is 0 Å². The Morgan fingerprint density at radius 2 is 2.00 bits per heavy atom. The summed E-state index contributed by atoms with van der Waals surface area (Å²) in [4.78, 5) is 13.8. The van der Waals surface area contributed by atoms with Gasteiger partial charge >= 0.3 is 6.09 Å². The van der Waals surface area contributed by atoms with Crippen molar-refractivity contribution >= 4 is 17.9 Å². The Balaban J connectivity index is 1.55. The largest absolute Gasteiger partial charge is 0.444 e. The first kappa shape index (κ1) is 18.9. The molecule has 0 spiro atoms. The van der Waals surface area contributed by atoms with Crippen molar-refractivity contribution in [1.29, 1.82) is 0 Å². The third-order valence-corrected chi connectivity index (χ3v) is 5.54. The number of carbonyl (C=O) groups is 1. The van der Waals surface area contributed by atoms with Gasteiger partial charge in [-0.1, -0.05) is 6.92 Å². The highest BCUT2D eigenvalue weighted by molar-refractivity contribution is 8.00. The first-order valence-electron chi connectivity index (χ1n) is 8.78. The third-order valence-electron chi connectivity index (χ3n) is 4.18. The van der Waals surface area contributed by atoms with E-state index in [9.17, 15) is 4.79 Å². The van der Waals surface area contributed by atoms with Gasteiger partial charge in [0.05, 0.1) is 12.7 Å². The first-order valence-corrected chi connectivity index (χ1v) is 9.83. The number of nitrogens with zero attached hydrogens (tertiary/aromatic N) is 1. The highest BCUT2D eigenvalue weighted by atomic mass is 32.2. The Morgan fingerprint density at radius 1 is 1.30 bits per heavy atom. The van der Waals surface area contributed by atoms with Gasteiger partial charge in [0, 0.05) is 36.7 Å². The minimum atomic E-state index is -0.424. The van der Waals surface area contributed by atoms with E-state index < -0.39 is 5.60 Å². The molecule has 2 saturated heterocycles. The molecule has 2 unspecified atom stereocenters. The zero-order chi connectivity index (χ0) is 16.9. The summed E-state index contributed by atoms with van der Waals surface area (Å²) in [7, 11) is 0. The van der Waals surface area contributed by atoms with Crippen molar-refractivity contribution in [1.82, 2.24) is 10.2 Å². The van der Waals surface area contributed by atoms with Gasteiger partial charge in [0.25, 0.3) is 0 Å². The van der Waals surface area contributed by atoms with Gasteiger partial charge in [0.1, 0.15) is 5.60 Å². The van der Waals surface area contributed by atoms with Gasteiger partial charge in [-0.05, 0) is 40.0 Å². The lowest BCUT2D eigenvalue weighted by molar-refractivity contribution is -0.0107. The number of hydrogen-bond donors (Lipinski definition) is 1. The molecule has 2 atom stereocenters. The molecule has 2 aliphatic rings. The highest BCUT2D eigenvalue weighted by Gasteiger charge is 2.27. The minimum absolute atomic E-state index is 0.203. The molecule has 2 rings (SSSR count). The van der Waals surface area contributed by atoms with Gasteiger partial charge < -0.3 is 19.7 Å². The van der Waals surface area contributed by atoms with Crippen molar-refractivity contribution in [3.05, 3.63) is 0 Å². The predicted molar refractivity (Wildman–Crippen MR) is 95.1 cm³/mol. The van der Waals surface area contributed by atoms with Gasteiger partial charge in [-0.2, -0.15) is 11.8 Å². The second kappa shape index (κ2) is 8.58. The van der Waals surface area contributed by atoms with Crippen LogP contribution in [-0.4, -0.2) is 66.0 Å². The Morgan fingerprint density at radius 3 is 2.57 bits per heavy atom. The summed E-state index contributed by atoms with van der Waals surface area (Å²) >= 11 is 2.05. The molecule has 5 nitrogen and oxygen atoms in total. The molecule has 0 aliphatic carbocycles. The molecular weight excluding hydrogens is 312 g/mol. The number of hydrogen-bond acceptors (Lipinski definition) is 5. The summed E-state index contributed by atoms with van der Waals surface area (Å²) in [5, 5.41) is 4.36. The van der Waals surface area contributed by atoms with E-state index >= 15 is 0 Å². The zero-order valence-electron chi connectivity index (χ0n) is 15.0. The smallest absolute Gasteiger partial charge is 0.410 e. The molecule has 1 N–H and O–H groups in total. The number of amides is 1. The van der Waals surface area contributed by atoms with Crippen molar-refractivity contribution in [2.75, 3.05) is 32.0 Å². The molecule has 1 amide bonds. The Hall–Kier alpha value is -0.460. The summed E-state index contributed by atoms with van der Waals surface area (Å²) in [6, 6.07) is 0.646. The summed E-state index contributed by atoms with van der Waals surface area (Å²) in [5.74, 6) is 1.22. The van der Waals surface area contributed by atoms with Crippen LogP contribution < -0.4 is 5.32 Å². The van der Waals surface area contributed by atoms with E-state index in [1.807, 2.05) is 32.5 Å². The number of ether oxygens (including phenoxy) is 2. The number of likely N-dealkylation sites (tertiary alicyclic amines) is 1. The van der Waals surface area contributed by atoms with Crippen LogP contribution in [0.1, 0.15) is 47.0 Å². The van der Waals surface area contributed by atoms with E-state index in [1.54, 1.807) is 4.90 Å². The molecule has 0 bridgehead atoms. The first-order chi connectivity index (χ1) is 10.8. The number of nitrogens with one attached hydrogen (secondary N) is 1. The Kier molecular flexibility index (Phi) is 7.04. The lowest BCUT2D eigenvalue weighted by Crippen LogP contribution is -2.44. The van der Waals surface area contributed by atoms with Crippen LogP contribution in [0.5, 0.6) is 0 Å². The van der Waals surface area contributed by atoms with E-state index in [0.717, 1.165) is 44.3 Å². The van der Waals surface area contributed by atoms with Gasteiger partial charge in [-0.3, -0.25) is 0 Å². The highest BCUT2D eigenvalue weighted by Crippen LogP contribution is 2.25. The van der Waals surface area contributed by atoms with Gasteiger partial charge in [0.15, 0.2) is 0 Å². The lowest BCUT2D eigenvalue weighted by Gasteiger charge is -2.33.